The Labute approximate surface area is 122 Å². The lowest BCUT2D eigenvalue weighted by atomic mass is 10.2. The van der Waals surface area contributed by atoms with Crippen LogP contribution in [0.3, 0.4) is 0 Å². The van der Waals surface area contributed by atoms with Crippen LogP contribution in [-0.4, -0.2) is 29.2 Å². The fraction of sp³-hybridized carbons (Fsp3) is 0.125. The lowest BCUT2D eigenvalue weighted by Gasteiger charge is -2.04. The minimum absolute atomic E-state index is 0.706. The van der Waals surface area contributed by atoms with Gasteiger partial charge in [-0.25, -0.2) is 9.97 Å². The van der Waals surface area contributed by atoms with E-state index in [0.717, 1.165) is 22.3 Å². The third-order valence-corrected chi connectivity index (χ3v) is 3.00. The molecule has 5 nitrogen and oxygen atoms in total. The van der Waals surface area contributed by atoms with E-state index in [9.17, 15) is 0 Å². The normalized spacial score (nSPS) is 10.0. The summed E-state index contributed by atoms with van der Waals surface area (Å²) in [6.07, 6.45) is 5.09. The number of rotatable bonds is 2. The van der Waals surface area contributed by atoms with E-state index < -0.39 is 0 Å². The van der Waals surface area contributed by atoms with Crippen molar-refractivity contribution in [3.8, 4) is 23.3 Å². The van der Waals surface area contributed by atoms with E-state index >= 15 is 0 Å². The largest absolute Gasteiger partial charge is 0.497 e. The molecule has 0 amide bonds. The van der Waals surface area contributed by atoms with Gasteiger partial charge >= 0.3 is 0 Å². The molecule has 2 heterocycles. The summed E-state index contributed by atoms with van der Waals surface area (Å²) in [5.74, 6) is 7.59. The van der Waals surface area contributed by atoms with Crippen LogP contribution in [0, 0.1) is 11.8 Å². The van der Waals surface area contributed by atoms with Crippen LogP contribution in [0.15, 0.2) is 36.8 Å². The molecule has 0 bridgehead atoms. The van der Waals surface area contributed by atoms with Crippen LogP contribution in [0.1, 0.15) is 11.1 Å². The number of aromatic nitrogens is 3. The van der Waals surface area contributed by atoms with Crippen molar-refractivity contribution in [2.75, 3.05) is 14.2 Å². The van der Waals surface area contributed by atoms with Gasteiger partial charge in [0.05, 0.1) is 19.8 Å². The van der Waals surface area contributed by atoms with E-state index in [4.69, 9.17) is 9.47 Å². The molecule has 0 saturated heterocycles. The zero-order valence-electron chi connectivity index (χ0n) is 11.7. The minimum atomic E-state index is 0.706. The number of methoxy groups -OCH3 is 2. The fourth-order valence-electron chi connectivity index (χ4n) is 1.96. The summed E-state index contributed by atoms with van der Waals surface area (Å²) in [6, 6.07) is 5.52. The van der Waals surface area contributed by atoms with Gasteiger partial charge in [-0.3, -0.25) is 0 Å². The highest BCUT2D eigenvalue weighted by Gasteiger charge is 2.03. The number of ether oxygens (including phenoxy) is 2. The molecule has 0 aliphatic heterocycles. The van der Waals surface area contributed by atoms with Crippen molar-refractivity contribution in [2.24, 2.45) is 0 Å². The molecule has 0 atom stereocenters. The third-order valence-electron chi connectivity index (χ3n) is 3.00. The second-order valence-electron chi connectivity index (χ2n) is 4.31. The Balaban J connectivity index is 2.01. The highest BCUT2D eigenvalue weighted by Crippen LogP contribution is 2.22. The van der Waals surface area contributed by atoms with Crippen molar-refractivity contribution in [3.05, 3.63) is 47.9 Å². The zero-order valence-corrected chi connectivity index (χ0v) is 11.7. The van der Waals surface area contributed by atoms with Gasteiger partial charge in [-0.2, -0.15) is 0 Å². The van der Waals surface area contributed by atoms with Crippen LogP contribution < -0.4 is 9.47 Å². The lowest BCUT2D eigenvalue weighted by Crippen LogP contribution is -1.88. The van der Waals surface area contributed by atoms with Crippen molar-refractivity contribution in [3.63, 3.8) is 0 Å². The van der Waals surface area contributed by atoms with E-state index in [1.54, 1.807) is 32.8 Å². The Morgan fingerprint density at radius 3 is 2.38 bits per heavy atom. The molecular formula is C16H13N3O2. The molecule has 0 saturated carbocycles. The van der Waals surface area contributed by atoms with Crippen molar-refractivity contribution >= 4 is 11.2 Å². The molecule has 21 heavy (non-hydrogen) atoms. The van der Waals surface area contributed by atoms with E-state index in [1.807, 2.05) is 18.2 Å². The summed E-state index contributed by atoms with van der Waals surface area (Å²) >= 11 is 0. The van der Waals surface area contributed by atoms with Gasteiger partial charge in [0.25, 0.3) is 0 Å². The van der Waals surface area contributed by atoms with E-state index in [2.05, 4.69) is 26.8 Å². The summed E-state index contributed by atoms with van der Waals surface area (Å²) in [5.41, 5.74) is 3.11. The Hall–Kier alpha value is -3.00. The summed E-state index contributed by atoms with van der Waals surface area (Å²) in [6.45, 7) is 0. The van der Waals surface area contributed by atoms with Gasteiger partial charge in [0.2, 0.25) is 0 Å². The molecule has 0 radical (unpaired) electrons. The Morgan fingerprint density at radius 1 is 0.952 bits per heavy atom. The molecule has 1 N–H and O–H groups in total. The van der Waals surface area contributed by atoms with Crippen molar-refractivity contribution in [1.82, 2.24) is 15.0 Å². The topological polar surface area (TPSA) is 60.0 Å². The van der Waals surface area contributed by atoms with Crippen LogP contribution in [0.2, 0.25) is 0 Å². The molecule has 3 rings (SSSR count). The number of benzene rings is 1. The molecule has 104 valence electrons. The number of hydrogen-bond acceptors (Lipinski definition) is 4. The standard InChI is InChI=1S/C16H13N3O2/c1-20-13-7-11(8-14(9-13)21-2)3-4-12-10-19-16-15(12)17-5-6-18-16/h5-10H,1-2H3,(H,18,19). The quantitative estimate of drug-likeness (QED) is 0.732. The van der Waals surface area contributed by atoms with Gasteiger partial charge in [-0.1, -0.05) is 11.8 Å². The van der Waals surface area contributed by atoms with E-state index in [1.165, 1.54) is 0 Å². The number of aromatic amines is 1. The minimum Gasteiger partial charge on any atom is -0.497 e. The second kappa shape index (κ2) is 5.55. The first-order valence-corrected chi connectivity index (χ1v) is 6.33. The monoisotopic (exact) mass is 279 g/mol. The molecule has 0 unspecified atom stereocenters. The summed E-state index contributed by atoms with van der Waals surface area (Å²) in [4.78, 5) is 11.5. The van der Waals surface area contributed by atoms with Crippen LogP contribution in [0.5, 0.6) is 11.5 Å². The average Bonchev–Trinajstić information content (AvgIpc) is 2.95. The summed E-state index contributed by atoms with van der Waals surface area (Å²) in [5, 5.41) is 0. The van der Waals surface area contributed by atoms with Crippen LogP contribution in [-0.2, 0) is 0 Å². The first kappa shape index (κ1) is 13.0. The first-order chi connectivity index (χ1) is 10.3. The lowest BCUT2D eigenvalue weighted by molar-refractivity contribution is 0.394. The zero-order chi connectivity index (χ0) is 14.7. The smallest absolute Gasteiger partial charge is 0.157 e. The highest BCUT2D eigenvalue weighted by atomic mass is 16.5. The number of fused-ring (bicyclic) bond motifs is 1. The van der Waals surface area contributed by atoms with Gasteiger partial charge < -0.3 is 14.5 Å². The highest BCUT2D eigenvalue weighted by molar-refractivity contribution is 5.78. The van der Waals surface area contributed by atoms with Gasteiger partial charge in [-0.15, -0.1) is 0 Å². The van der Waals surface area contributed by atoms with Gasteiger partial charge in [-0.05, 0) is 12.1 Å². The molecule has 3 aromatic rings. The van der Waals surface area contributed by atoms with Gasteiger partial charge in [0, 0.05) is 30.2 Å². The van der Waals surface area contributed by atoms with E-state index in [-0.39, 0.29) is 0 Å². The predicted octanol–water partition coefficient (Wildman–Crippen LogP) is 2.37. The third kappa shape index (κ3) is 2.65. The van der Waals surface area contributed by atoms with Crippen molar-refractivity contribution < 1.29 is 9.47 Å². The Bertz CT molecular complexity index is 821. The molecule has 0 spiro atoms. The molecule has 0 aliphatic rings. The van der Waals surface area contributed by atoms with Gasteiger partial charge in [0.1, 0.15) is 17.0 Å². The number of hydrogen-bond donors (Lipinski definition) is 1. The number of nitrogens with zero attached hydrogens (tertiary/aromatic N) is 2. The molecule has 0 fully saturated rings. The maximum atomic E-state index is 5.23. The Kier molecular flexibility index (Phi) is 3.44. The fourth-order valence-corrected chi connectivity index (χ4v) is 1.96. The van der Waals surface area contributed by atoms with Gasteiger partial charge in [0.15, 0.2) is 5.65 Å². The predicted molar refractivity (Wildman–Crippen MR) is 79.4 cm³/mol. The molecule has 2 aromatic heterocycles. The molecule has 0 aliphatic carbocycles. The van der Waals surface area contributed by atoms with E-state index in [0.29, 0.717) is 11.5 Å². The first-order valence-electron chi connectivity index (χ1n) is 6.33. The number of nitrogens with one attached hydrogen (secondary N) is 1. The van der Waals surface area contributed by atoms with Crippen LogP contribution in [0.25, 0.3) is 11.2 Å². The van der Waals surface area contributed by atoms with Crippen molar-refractivity contribution in [1.29, 1.82) is 0 Å². The second-order valence-corrected chi connectivity index (χ2v) is 4.31. The molecule has 1 aromatic carbocycles. The molecule has 5 heteroatoms. The maximum Gasteiger partial charge on any atom is 0.157 e. The maximum absolute atomic E-state index is 5.23. The Morgan fingerprint density at radius 2 is 1.67 bits per heavy atom. The van der Waals surface area contributed by atoms with Crippen LogP contribution in [0.4, 0.5) is 0 Å². The molecular weight excluding hydrogens is 266 g/mol. The SMILES string of the molecule is COc1cc(C#Cc2c[nH]c3nccnc23)cc(OC)c1. The summed E-state index contributed by atoms with van der Waals surface area (Å²) < 4.78 is 10.5. The average molecular weight is 279 g/mol. The summed E-state index contributed by atoms with van der Waals surface area (Å²) in [7, 11) is 3.22. The van der Waals surface area contributed by atoms with Crippen LogP contribution >= 0.6 is 0 Å². The number of H-pyrrole nitrogens is 1. The van der Waals surface area contributed by atoms with Crippen molar-refractivity contribution in [2.45, 2.75) is 0 Å².